The van der Waals surface area contributed by atoms with E-state index in [0.717, 1.165) is 49.0 Å². The molecular formula is C25H33ClN2O2. The van der Waals surface area contributed by atoms with E-state index >= 15 is 0 Å². The van der Waals surface area contributed by atoms with Crippen LogP contribution in [0.25, 0.3) is 11.1 Å². The van der Waals surface area contributed by atoms with Crippen molar-refractivity contribution < 1.29 is 9.90 Å². The van der Waals surface area contributed by atoms with Gasteiger partial charge in [-0.2, -0.15) is 0 Å². The monoisotopic (exact) mass is 428 g/mol. The summed E-state index contributed by atoms with van der Waals surface area (Å²) in [6.07, 6.45) is 4.22. The molecule has 2 aromatic carbocycles. The molecule has 0 bridgehead atoms. The normalized spacial score (nSPS) is 18.6. The predicted molar refractivity (Wildman–Crippen MR) is 124 cm³/mol. The van der Waals surface area contributed by atoms with Crippen molar-refractivity contribution in [2.75, 3.05) is 19.6 Å². The molecule has 5 heteroatoms. The minimum Gasteiger partial charge on any atom is -0.385 e. The Labute approximate surface area is 185 Å². The van der Waals surface area contributed by atoms with Crippen LogP contribution >= 0.6 is 11.6 Å². The Morgan fingerprint density at radius 2 is 2.10 bits per heavy atom. The van der Waals surface area contributed by atoms with Crippen molar-refractivity contribution in [1.29, 1.82) is 0 Å². The number of rotatable bonds is 8. The van der Waals surface area contributed by atoms with Gasteiger partial charge in [0.25, 0.3) is 0 Å². The molecule has 3 rings (SSSR count). The molecule has 2 unspecified atom stereocenters. The van der Waals surface area contributed by atoms with Crippen LogP contribution in [0.15, 0.2) is 42.5 Å². The topological polar surface area (TPSA) is 61.4 Å². The number of aryl methyl sites for hydroxylation is 1. The molecule has 1 aliphatic rings. The molecular weight excluding hydrogens is 396 g/mol. The Morgan fingerprint density at radius 1 is 1.30 bits per heavy atom. The van der Waals surface area contributed by atoms with Crippen molar-refractivity contribution in [2.24, 2.45) is 5.92 Å². The number of amides is 1. The lowest BCUT2D eigenvalue weighted by Crippen LogP contribution is -2.45. The largest absolute Gasteiger partial charge is 0.385 e. The van der Waals surface area contributed by atoms with Crippen molar-refractivity contribution in [3.63, 3.8) is 0 Å². The molecule has 0 aromatic heterocycles. The summed E-state index contributed by atoms with van der Waals surface area (Å²) in [5.41, 5.74) is 3.07. The van der Waals surface area contributed by atoms with Gasteiger partial charge in [-0.1, -0.05) is 54.9 Å². The van der Waals surface area contributed by atoms with Gasteiger partial charge in [0.05, 0.1) is 5.60 Å². The number of piperidine rings is 1. The van der Waals surface area contributed by atoms with Crippen LogP contribution in [0.1, 0.15) is 50.7 Å². The summed E-state index contributed by atoms with van der Waals surface area (Å²) in [4.78, 5) is 11.3. The molecule has 162 valence electrons. The van der Waals surface area contributed by atoms with Crippen LogP contribution in [0.3, 0.4) is 0 Å². The van der Waals surface area contributed by atoms with Gasteiger partial charge in [0.15, 0.2) is 0 Å². The number of carbonyl (C=O) groups excluding carboxylic acids is 1. The number of nitrogens with one attached hydrogen (secondary N) is 2. The van der Waals surface area contributed by atoms with Gasteiger partial charge in [0.1, 0.15) is 0 Å². The Morgan fingerprint density at radius 3 is 2.80 bits per heavy atom. The maximum absolute atomic E-state index is 12.2. The first kappa shape index (κ1) is 22.8. The highest BCUT2D eigenvalue weighted by Crippen LogP contribution is 2.44. The zero-order valence-electron chi connectivity index (χ0n) is 18.0. The number of carbonyl (C=O) groups is 1. The van der Waals surface area contributed by atoms with Crippen LogP contribution in [-0.2, 0) is 16.8 Å². The lowest BCUT2D eigenvalue weighted by molar-refractivity contribution is -0.119. The molecule has 1 aliphatic heterocycles. The average molecular weight is 429 g/mol. The second-order valence-electron chi connectivity index (χ2n) is 8.27. The van der Waals surface area contributed by atoms with Crippen molar-refractivity contribution in [3.05, 3.63) is 58.6 Å². The highest BCUT2D eigenvalue weighted by atomic mass is 35.5. The van der Waals surface area contributed by atoms with Crippen molar-refractivity contribution in [2.45, 2.75) is 51.6 Å². The van der Waals surface area contributed by atoms with E-state index in [2.05, 4.69) is 41.8 Å². The van der Waals surface area contributed by atoms with E-state index in [0.29, 0.717) is 24.4 Å². The molecule has 1 amide bonds. The minimum absolute atomic E-state index is 0.0438. The van der Waals surface area contributed by atoms with Crippen LogP contribution in [-0.4, -0.2) is 30.6 Å². The van der Waals surface area contributed by atoms with Crippen molar-refractivity contribution >= 4 is 17.5 Å². The number of aliphatic hydroxyl groups is 1. The predicted octanol–water partition coefficient (Wildman–Crippen LogP) is 4.67. The first-order valence-corrected chi connectivity index (χ1v) is 11.4. The molecule has 0 spiro atoms. The highest BCUT2D eigenvalue weighted by molar-refractivity contribution is 6.33. The number of hydrogen-bond donors (Lipinski definition) is 3. The fourth-order valence-corrected chi connectivity index (χ4v) is 4.85. The van der Waals surface area contributed by atoms with E-state index in [1.54, 1.807) is 0 Å². The molecule has 0 saturated carbocycles. The highest BCUT2D eigenvalue weighted by Gasteiger charge is 2.40. The van der Waals surface area contributed by atoms with E-state index in [1.165, 1.54) is 12.5 Å². The minimum atomic E-state index is -1.02. The van der Waals surface area contributed by atoms with Gasteiger partial charge in [-0.15, -0.1) is 0 Å². The van der Waals surface area contributed by atoms with Gasteiger partial charge in [-0.3, -0.25) is 4.79 Å². The Kier molecular flexibility index (Phi) is 7.93. The van der Waals surface area contributed by atoms with Gasteiger partial charge in [0, 0.05) is 36.5 Å². The number of hydrogen-bond acceptors (Lipinski definition) is 3. The molecule has 0 radical (unpaired) electrons. The molecule has 1 saturated heterocycles. The van der Waals surface area contributed by atoms with Crippen molar-refractivity contribution in [1.82, 2.24) is 10.6 Å². The summed E-state index contributed by atoms with van der Waals surface area (Å²) in [5.74, 6) is 0.0489. The fourth-order valence-electron chi connectivity index (χ4n) is 4.57. The zero-order valence-corrected chi connectivity index (χ0v) is 18.8. The van der Waals surface area contributed by atoms with Crippen LogP contribution in [0.2, 0.25) is 5.02 Å². The molecule has 4 nitrogen and oxygen atoms in total. The van der Waals surface area contributed by atoms with Crippen molar-refractivity contribution in [3.8, 4) is 11.1 Å². The van der Waals surface area contributed by atoms with Gasteiger partial charge in [-0.25, -0.2) is 0 Å². The van der Waals surface area contributed by atoms with E-state index < -0.39 is 5.60 Å². The van der Waals surface area contributed by atoms with Crippen LogP contribution in [0, 0.1) is 5.92 Å². The summed E-state index contributed by atoms with van der Waals surface area (Å²) in [7, 11) is 0. The first-order chi connectivity index (χ1) is 14.5. The first-order valence-electron chi connectivity index (χ1n) is 11.0. The molecule has 0 aliphatic carbocycles. The lowest BCUT2D eigenvalue weighted by Gasteiger charge is -2.40. The Balaban J connectivity index is 2.04. The zero-order chi connectivity index (χ0) is 21.6. The molecule has 2 aromatic rings. The van der Waals surface area contributed by atoms with Gasteiger partial charge in [-0.05, 0) is 61.4 Å². The standard InChI is InChI=1S/C25H33ClN2O2/c1-3-19-8-4-9-20(16-19)24-22(11-5-12-23(24)26)25(30,13-7-15-28-18(2)29)21-10-6-14-27-17-21/h4-5,8-9,11-12,16,21,27,30H,3,6-7,10,13-15,17H2,1-2H3,(H,28,29). The quantitative estimate of drug-likeness (QED) is 0.535. The molecule has 1 fully saturated rings. The third-order valence-corrected chi connectivity index (χ3v) is 6.50. The molecule has 2 atom stereocenters. The van der Waals surface area contributed by atoms with Gasteiger partial charge < -0.3 is 15.7 Å². The number of benzene rings is 2. The van der Waals surface area contributed by atoms with E-state index in [9.17, 15) is 9.90 Å². The summed E-state index contributed by atoms with van der Waals surface area (Å²) in [5, 5.41) is 19.1. The second kappa shape index (κ2) is 10.4. The maximum Gasteiger partial charge on any atom is 0.216 e. The number of halogens is 1. The lowest BCUT2D eigenvalue weighted by atomic mass is 9.72. The smallest absolute Gasteiger partial charge is 0.216 e. The molecule has 30 heavy (non-hydrogen) atoms. The second-order valence-corrected chi connectivity index (χ2v) is 8.68. The fraction of sp³-hybridized carbons (Fsp3) is 0.480. The maximum atomic E-state index is 12.2. The summed E-state index contributed by atoms with van der Waals surface area (Å²) >= 11 is 6.72. The SMILES string of the molecule is CCc1cccc(-c2c(Cl)cccc2C(O)(CCCNC(C)=O)C2CCCNC2)c1. The molecule has 1 heterocycles. The average Bonchev–Trinajstić information content (AvgIpc) is 2.77. The van der Waals surface area contributed by atoms with Gasteiger partial charge in [0.2, 0.25) is 5.91 Å². The summed E-state index contributed by atoms with van der Waals surface area (Å²) in [6.45, 7) is 5.97. The van der Waals surface area contributed by atoms with E-state index in [1.807, 2.05) is 18.2 Å². The summed E-state index contributed by atoms with van der Waals surface area (Å²) < 4.78 is 0. The van der Waals surface area contributed by atoms with Crippen LogP contribution < -0.4 is 10.6 Å². The van der Waals surface area contributed by atoms with Crippen LogP contribution in [0.4, 0.5) is 0 Å². The van der Waals surface area contributed by atoms with Crippen LogP contribution in [0.5, 0.6) is 0 Å². The van der Waals surface area contributed by atoms with Gasteiger partial charge >= 0.3 is 0 Å². The Bertz CT molecular complexity index is 864. The van der Waals surface area contributed by atoms with E-state index in [4.69, 9.17) is 11.6 Å². The van der Waals surface area contributed by atoms with E-state index in [-0.39, 0.29) is 11.8 Å². The summed E-state index contributed by atoms with van der Waals surface area (Å²) in [6, 6.07) is 14.3. The Hall–Kier alpha value is -1.88. The molecule has 3 N–H and O–H groups in total. The third kappa shape index (κ3) is 5.23. The third-order valence-electron chi connectivity index (χ3n) is 6.18.